The zero-order chi connectivity index (χ0) is 39.3. The summed E-state index contributed by atoms with van der Waals surface area (Å²) < 4.78 is 51.6. The lowest BCUT2D eigenvalue weighted by Crippen LogP contribution is -2.42. The molecule has 1 amide bonds. The van der Waals surface area contributed by atoms with Gasteiger partial charge >= 0.3 is 18.5 Å². The molecule has 6 N–H and O–H groups in total. The number of nitrogen functional groups attached to an aromatic ring is 1. The topological polar surface area (TPSA) is 284 Å². The molecule has 6 rings (SSSR count). The van der Waals surface area contributed by atoms with Crippen LogP contribution in [0.2, 0.25) is 0 Å². The number of benzene rings is 1. The molecule has 294 valence electrons. The number of aliphatic hydroxyl groups is 2. The Balaban J connectivity index is 1.21. The van der Waals surface area contributed by atoms with Gasteiger partial charge in [0, 0.05) is 50.5 Å². The molecule has 1 aromatic carbocycles. The first-order valence-corrected chi connectivity index (χ1v) is 19.7. The van der Waals surface area contributed by atoms with Gasteiger partial charge in [0.1, 0.15) is 42.8 Å². The van der Waals surface area contributed by atoms with E-state index < -0.39 is 85.9 Å². The second kappa shape index (κ2) is 17.1. The summed E-state index contributed by atoms with van der Waals surface area (Å²) in [5.74, 6) is -2.42. The predicted molar refractivity (Wildman–Crippen MR) is 192 cm³/mol. The summed E-state index contributed by atoms with van der Waals surface area (Å²) in [6.07, 6.45) is -1.67. The average Bonchev–Trinajstić information content (AvgIpc) is 3.85. The molecule has 2 aliphatic rings. The minimum atomic E-state index is -4.56. The zero-order valence-electron chi connectivity index (χ0n) is 29.2. The molecular weight excluding hydrogens is 767 g/mol. The molecule has 4 aromatic rings. The lowest BCUT2D eigenvalue weighted by atomic mass is 10.1. The molecule has 0 spiro atoms. The van der Waals surface area contributed by atoms with E-state index >= 15 is 0 Å². The number of aromatic amines is 1. The number of nitrogens with two attached hydrogens (primary N) is 1. The fourth-order valence-electron chi connectivity index (χ4n) is 5.86. The van der Waals surface area contributed by atoms with Crippen molar-refractivity contribution in [3.05, 3.63) is 93.2 Å². The highest BCUT2D eigenvalue weighted by atomic mass is 32.7. The highest BCUT2D eigenvalue weighted by molar-refractivity contribution is 8.55. The first kappa shape index (κ1) is 39.6. The molecule has 21 nitrogen and oxygen atoms in total. The number of hydrogen-bond acceptors (Lipinski definition) is 18. The number of carbonyl (C=O) groups excluding carboxylic acids is 2. The Labute approximate surface area is 315 Å². The number of nitrogens with one attached hydrogen (secondary N) is 2. The smallest absolute Gasteiger partial charge is 0.443 e. The molecule has 5 unspecified atom stereocenters. The Bertz CT molecular complexity index is 2220. The number of carbonyl (C=O) groups is 2. The van der Waals surface area contributed by atoms with Crippen LogP contribution in [0.4, 0.5) is 5.82 Å². The van der Waals surface area contributed by atoms with Crippen LogP contribution in [-0.2, 0) is 48.6 Å². The van der Waals surface area contributed by atoms with Crippen molar-refractivity contribution in [3.63, 3.8) is 0 Å². The molecule has 1 saturated heterocycles. The molecule has 2 aliphatic heterocycles. The number of fused-ring (bicyclic) bond motifs is 1. The maximum absolute atomic E-state index is 14.6. The van der Waals surface area contributed by atoms with E-state index in [1.54, 1.807) is 34.9 Å². The van der Waals surface area contributed by atoms with Gasteiger partial charge in [-0.25, -0.2) is 29.1 Å². The predicted octanol–water partition coefficient (Wildman–Crippen LogP) is 0.477. The Hall–Kier alpha value is -5.09. The van der Waals surface area contributed by atoms with Crippen LogP contribution in [0.25, 0.3) is 11.2 Å². The van der Waals surface area contributed by atoms with E-state index in [2.05, 4.69) is 25.3 Å². The van der Waals surface area contributed by atoms with Crippen LogP contribution in [0.5, 0.6) is 0 Å². The van der Waals surface area contributed by atoms with Crippen LogP contribution in [0.15, 0.2) is 76.4 Å². The van der Waals surface area contributed by atoms with Gasteiger partial charge in [-0.3, -0.25) is 28.2 Å². The van der Waals surface area contributed by atoms with Crippen molar-refractivity contribution < 1.29 is 52.4 Å². The number of rotatable bonds is 16. The van der Waals surface area contributed by atoms with Crippen molar-refractivity contribution in [3.8, 4) is 0 Å². The zero-order valence-corrected chi connectivity index (χ0v) is 31.0. The van der Waals surface area contributed by atoms with E-state index in [9.17, 15) is 34.0 Å². The van der Waals surface area contributed by atoms with Crippen molar-refractivity contribution >= 4 is 47.0 Å². The molecule has 3 aromatic heterocycles. The average molecular weight is 805 g/mol. The Morgan fingerprint density at radius 2 is 1.96 bits per heavy atom. The SMILES string of the molecule is COC1C(OP(=O)(OC[C@H]2OC(n3cnc4c(N)ncnc43)CC2O)SCOC(=O)C(Cc2ccccc2)NC(C)=O)=C(CO)O[C@H]1n1ccc(=O)[nH]c1=O. The number of aromatic nitrogens is 6. The van der Waals surface area contributed by atoms with E-state index in [4.69, 9.17) is 33.7 Å². The van der Waals surface area contributed by atoms with Crippen molar-refractivity contribution in [2.75, 3.05) is 32.0 Å². The molecule has 23 heteroatoms. The first-order valence-electron chi connectivity index (χ1n) is 16.6. The number of nitrogens with zero attached hydrogens (tertiary/aromatic N) is 5. The van der Waals surface area contributed by atoms with Crippen LogP contribution in [0, 0.1) is 0 Å². The number of methoxy groups -OCH3 is 1. The standard InChI is InChI=1S/C32H37N8O13PS/c1-17(42)37-19(10-18-6-4-3-5-7-18)31(45)49-16-55-54(47,53-26-21(12-41)52-30(27(26)48-2)39-9-8-23(44)38-32(39)46)50-13-22-20(43)11-24(51-22)40-15-36-25-28(33)34-14-35-29(25)40/h3-9,14-15,19-20,22,24,27,30,41,43H,10-13,16H2,1-2H3,(H,37,42)(H2,33,34,35)(H,38,44,46)/t19?,20?,22-,24?,27?,30-,54?/m1/s1. The molecule has 1 fully saturated rings. The summed E-state index contributed by atoms with van der Waals surface area (Å²) >= 11 is 0.425. The summed E-state index contributed by atoms with van der Waals surface area (Å²) in [4.78, 5) is 63.9. The van der Waals surface area contributed by atoms with E-state index in [-0.39, 0.29) is 30.2 Å². The monoisotopic (exact) mass is 804 g/mol. The van der Waals surface area contributed by atoms with Crippen molar-refractivity contribution in [1.82, 2.24) is 34.4 Å². The van der Waals surface area contributed by atoms with Gasteiger partial charge in [0.25, 0.3) is 5.56 Å². The van der Waals surface area contributed by atoms with Gasteiger partial charge in [-0.1, -0.05) is 30.3 Å². The number of esters is 1. The van der Waals surface area contributed by atoms with Gasteiger partial charge in [0.05, 0.1) is 19.0 Å². The van der Waals surface area contributed by atoms with Crippen molar-refractivity contribution in [2.45, 2.75) is 56.6 Å². The Morgan fingerprint density at radius 3 is 2.67 bits per heavy atom. The summed E-state index contributed by atoms with van der Waals surface area (Å²) in [6.45, 7) is -4.64. The number of amides is 1. The third-order valence-corrected chi connectivity index (χ3v) is 11.7. The van der Waals surface area contributed by atoms with Crippen LogP contribution in [0.3, 0.4) is 0 Å². The number of aliphatic hydroxyl groups excluding tert-OH is 2. The Kier molecular flexibility index (Phi) is 12.3. The fourth-order valence-corrected chi connectivity index (χ4v) is 8.46. The molecule has 7 atom stereocenters. The maximum atomic E-state index is 14.6. The molecular formula is C32H37N8O13PS. The van der Waals surface area contributed by atoms with E-state index in [1.165, 1.54) is 26.7 Å². The summed E-state index contributed by atoms with van der Waals surface area (Å²) in [7, 11) is 1.23. The molecule has 0 saturated carbocycles. The van der Waals surface area contributed by atoms with Crippen LogP contribution >= 0.6 is 18.2 Å². The van der Waals surface area contributed by atoms with Gasteiger partial charge in [-0.15, -0.1) is 0 Å². The maximum Gasteiger partial charge on any atom is 0.443 e. The van der Waals surface area contributed by atoms with Gasteiger partial charge in [0.2, 0.25) is 12.1 Å². The van der Waals surface area contributed by atoms with E-state index in [1.807, 2.05) is 0 Å². The normalized spacial score (nSPS) is 22.6. The molecule has 55 heavy (non-hydrogen) atoms. The number of hydrogen-bond donors (Lipinski definition) is 5. The molecule has 0 radical (unpaired) electrons. The minimum Gasteiger partial charge on any atom is -0.465 e. The van der Waals surface area contributed by atoms with Gasteiger partial charge < -0.3 is 44.7 Å². The molecule has 0 bridgehead atoms. The number of ether oxygens (including phenoxy) is 4. The fraction of sp³-hybridized carbons (Fsp3) is 0.406. The van der Waals surface area contributed by atoms with Crippen LogP contribution in [0.1, 0.15) is 31.4 Å². The van der Waals surface area contributed by atoms with E-state index in [0.29, 0.717) is 22.5 Å². The van der Waals surface area contributed by atoms with E-state index in [0.717, 1.165) is 22.4 Å². The second-order valence-corrected chi connectivity index (χ2v) is 16.1. The number of imidazole rings is 1. The highest BCUT2D eigenvalue weighted by Gasteiger charge is 2.46. The van der Waals surface area contributed by atoms with Gasteiger partial charge in [-0.05, 0) is 5.56 Å². The first-order chi connectivity index (χ1) is 26.4. The second-order valence-electron chi connectivity index (χ2n) is 12.1. The summed E-state index contributed by atoms with van der Waals surface area (Å²) in [6, 6.07) is 8.85. The molecule has 0 aliphatic carbocycles. The number of H-pyrrole nitrogens is 1. The van der Waals surface area contributed by atoms with Crippen LogP contribution in [-0.4, -0.2) is 102 Å². The lowest BCUT2D eigenvalue weighted by Gasteiger charge is -2.25. The van der Waals surface area contributed by atoms with Gasteiger partial charge in [-0.2, -0.15) is 0 Å². The number of anilines is 1. The highest BCUT2D eigenvalue weighted by Crippen LogP contribution is 2.63. The van der Waals surface area contributed by atoms with Crippen LogP contribution < -0.4 is 22.3 Å². The lowest BCUT2D eigenvalue weighted by molar-refractivity contribution is -0.145. The quantitative estimate of drug-likeness (QED) is 0.0585. The Morgan fingerprint density at radius 1 is 1.18 bits per heavy atom. The summed E-state index contributed by atoms with van der Waals surface area (Å²) in [5.41, 5.74) is 5.79. The van der Waals surface area contributed by atoms with Crippen molar-refractivity contribution in [1.29, 1.82) is 0 Å². The third kappa shape index (κ3) is 9.07. The van der Waals surface area contributed by atoms with Gasteiger partial charge in [0.15, 0.2) is 29.1 Å². The van der Waals surface area contributed by atoms with Crippen molar-refractivity contribution in [2.24, 2.45) is 0 Å². The molecule has 5 heterocycles. The largest absolute Gasteiger partial charge is 0.465 e. The minimum absolute atomic E-state index is 0.0558. The summed E-state index contributed by atoms with van der Waals surface area (Å²) in [5, 5.41) is 23.7. The third-order valence-electron chi connectivity index (χ3n) is 8.44.